The fraction of sp³-hybridized carbons (Fsp3) is 0.643. The molecule has 1 aliphatic rings. The number of imidazole rings is 1. The molecule has 2 aromatic heterocycles. The molecule has 2 aromatic rings. The number of fused-ring (bicyclic) bond motifs is 1. The van der Waals surface area contributed by atoms with Gasteiger partial charge in [-0.15, -0.1) is 0 Å². The van der Waals surface area contributed by atoms with Crippen molar-refractivity contribution in [1.29, 1.82) is 0 Å². The molecule has 3 heterocycles. The zero-order valence-electron chi connectivity index (χ0n) is 13.0. The molecule has 0 aliphatic carbocycles. The summed E-state index contributed by atoms with van der Waals surface area (Å²) in [5.41, 5.74) is 7.16. The average molecular weight is 386 g/mol. The van der Waals surface area contributed by atoms with Crippen molar-refractivity contribution >= 4 is 32.9 Å². The number of ether oxygens (including phenoxy) is 3. The van der Waals surface area contributed by atoms with Gasteiger partial charge in [-0.1, -0.05) is 0 Å². The number of hydrogen-bond acceptors (Lipinski definition) is 7. The molecule has 0 spiro atoms. The van der Waals surface area contributed by atoms with Gasteiger partial charge in [0.05, 0.1) is 6.61 Å². The van der Waals surface area contributed by atoms with E-state index in [-0.39, 0.29) is 18.1 Å². The highest BCUT2D eigenvalue weighted by atomic mass is 79.9. The molecule has 1 saturated heterocycles. The summed E-state index contributed by atoms with van der Waals surface area (Å²) in [5, 5.41) is 0. The monoisotopic (exact) mass is 385 g/mol. The van der Waals surface area contributed by atoms with Gasteiger partial charge in [0.1, 0.15) is 12.8 Å². The van der Waals surface area contributed by atoms with Crippen molar-refractivity contribution in [2.24, 2.45) is 0 Å². The molecule has 1 atom stereocenters. The molecule has 3 rings (SSSR count). The Morgan fingerprint density at radius 3 is 2.91 bits per heavy atom. The van der Waals surface area contributed by atoms with Gasteiger partial charge in [0.15, 0.2) is 21.7 Å². The van der Waals surface area contributed by atoms with Crippen LogP contribution in [-0.4, -0.2) is 45.9 Å². The topological polar surface area (TPSA) is 97.3 Å². The minimum atomic E-state index is -0.103. The van der Waals surface area contributed by atoms with Crippen molar-refractivity contribution < 1.29 is 14.2 Å². The molecular weight excluding hydrogens is 366 g/mol. The van der Waals surface area contributed by atoms with E-state index in [2.05, 4.69) is 30.9 Å². The maximum Gasteiger partial charge on any atom is 0.320 e. The zero-order chi connectivity index (χ0) is 16.2. The summed E-state index contributed by atoms with van der Waals surface area (Å²) in [5.74, 6) is 0.289. The van der Waals surface area contributed by atoms with E-state index in [4.69, 9.17) is 19.9 Å². The lowest BCUT2D eigenvalue weighted by Gasteiger charge is -2.24. The van der Waals surface area contributed by atoms with Crippen LogP contribution in [-0.2, 0) is 9.47 Å². The van der Waals surface area contributed by atoms with Gasteiger partial charge in [0.2, 0.25) is 0 Å². The number of nitrogens with two attached hydrogens (primary N) is 1. The molecule has 8 nitrogen and oxygen atoms in total. The van der Waals surface area contributed by atoms with Gasteiger partial charge in [0, 0.05) is 13.2 Å². The van der Waals surface area contributed by atoms with Gasteiger partial charge in [-0.25, -0.2) is 4.98 Å². The quantitative estimate of drug-likeness (QED) is 0.601. The minimum Gasteiger partial charge on any atom is -0.461 e. The molecule has 0 bridgehead atoms. The highest BCUT2D eigenvalue weighted by molar-refractivity contribution is 9.10. The maximum atomic E-state index is 6.00. The number of halogens is 1. The molecular formula is C14H20BrN5O3. The molecule has 1 fully saturated rings. The molecule has 23 heavy (non-hydrogen) atoms. The van der Waals surface area contributed by atoms with Crippen molar-refractivity contribution in [1.82, 2.24) is 19.5 Å². The predicted octanol–water partition coefficient (Wildman–Crippen LogP) is 2.29. The number of nitrogen functional groups attached to an aromatic ring is 1. The van der Waals surface area contributed by atoms with Crippen LogP contribution in [0.1, 0.15) is 32.4 Å². The predicted molar refractivity (Wildman–Crippen MR) is 88.3 cm³/mol. The summed E-state index contributed by atoms with van der Waals surface area (Å²) in [7, 11) is 0. The molecule has 2 N–H and O–H groups in total. The van der Waals surface area contributed by atoms with E-state index in [9.17, 15) is 0 Å². The maximum absolute atomic E-state index is 6.00. The third-order valence-corrected chi connectivity index (χ3v) is 4.17. The second kappa shape index (κ2) is 7.41. The van der Waals surface area contributed by atoms with E-state index >= 15 is 0 Å². The molecule has 0 aromatic carbocycles. The first kappa shape index (κ1) is 16.4. The zero-order valence-corrected chi connectivity index (χ0v) is 14.6. The Hall–Kier alpha value is -1.45. The number of anilines is 1. The molecule has 126 valence electrons. The largest absolute Gasteiger partial charge is 0.461 e. The Morgan fingerprint density at radius 1 is 1.30 bits per heavy atom. The van der Waals surface area contributed by atoms with E-state index in [0.29, 0.717) is 35.7 Å². The van der Waals surface area contributed by atoms with Crippen molar-refractivity contribution in [3.8, 4) is 6.01 Å². The van der Waals surface area contributed by atoms with Crippen LogP contribution < -0.4 is 10.5 Å². The Bertz CT molecular complexity index is 672. The summed E-state index contributed by atoms with van der Waals surface area (Å²) in [6.07, 6.45) is 2.99. The lowest BCUT2D eigenvalue weighted by atomic mass is 10.2. The van der Waals surface area contributed by atoms with Crippen LogP contribution in [0.15, 0.2) is 4.73 Å². The minimum absolute atomic E-state index is 0.103. The third kappa shape index (κ3) is 3.56. The number of rotatable bonds is 6. The smallest absolute Gasteiger partial charge is 0.320 e. The first-order chi connectivity index (χ1) is 11.2. The molecule has 0 saturated carbocycles. The standard InChI is InChI=1S/C14H20BrN5O3/c1-2-21-7-8-23-14-18-11(16)10-12(19-14)20(13(15)17-10)9-5-3-4-6-22-9/h9H,2-8H2,1H3,(H2,16,18,19). The van der Waals surface area contributed by atoms with Crippen LogP contribution in [0, 0.1) is 0 Å². The summed E-state index contributed by atoms with van der Waals surface area (Å²) in [6.45, 7) is 4.15. The second-order valence-corrected chi connectivity index (χ2v) is 5.89. The Kier molecular flexibility index (Phi) is 5.29. The van der Waals surface area contributed by atoms with Crippen LogP contribution in [0.2, 0.25) is 0 Å². The summed E-state index contributed by atoms with van der Waals surface area (Å²) >= 11 is 3.46. The van der Waals surface area contributed by atoms with Crippen LogP contribution in [0.4, 0.5) is 5.82 Å². The van der Waals surface area contributed by atoms with Crippen molar-refractivity contribution in [3.63, 3.8) is 0 Å². The second-order valence-electron chi connectivity index (χ2n) is 5.18. The fourth-order valence-electron chi connectivity index (χ4n) is 2.53. The van der Waals surface area contributed by atoms with E-state index in [1.165, 1.54) is 0 Å². The van der Waals surface area contributed by atoms with E-state index in [1.807, 2.05) is 11.5 Å². The SMILES string of the molecule is CCOCCOc1nc(N)c2nc(Br)n(C3CCCCO3)c2n1. The van der Waals surface area contributed by atoms with Crippen molar-refractivity contribution in [2.75, 3.05) is 32.2 Å². The highest BCUT2D eigenvalue weighted by Gasteiger charge is 2.24. The van der Waals surface area contributed by atoms with Gasteiger partial charge in [-0.3, -0.25) is 4.57 Å². The lowest BCUT2D eigenvalue weighted by Crippen LogP contribution is -2.19. The average Bonchev–Trinajstić information content (AvgIpc) is 2.89. The van der Waals surface area contributed by atoms with E-state index in [0.717, 1.165) is 25.9 Å². The first-order valence-electron chi connectivity index (χ1n) is 7.73. The van der Waals surface area contributed by atoms with Gasteiger partial charge in [-0.05, 0) is 42.1 Å². The number of hydrogen-bond donors (Lipinski definition) is 1. The Morgan fingerprint density at radius 2 is 2.17 bits per heavy atom. The van der Waals surface area contributed by atoms with E-state index in [1.54, 1.807) is 0 Å². The molecule has 0 amide bonds. The molecule has 0 radical (unpaired) electrons. The summed E-state index contributed by atoms with van der Waals surface area (Å²) in [6, 6.07) is 0.221. The Labute approximate surface area is 142 Å². The highest BCUT2D eigenvalue weighted by Crippen LogP contribution is 2.32. The van der Waals surface area contributed by atoms with Crippen molar-refractivity contribution in [2.45, 2.75) is 32.4 Å². The molecule has 1 aliphatic heterocycles. The van der Waals surface area contributed by atoms with Gasteiger partial charge in [-0.2, -0.15) is 9.97 Å². The summed E-state index contributed by atoms with van der Waals surface area (Å²) in [4.78, 5) is 13.0. The summed E-state index contributed by atoms with van der Waals surface area (Å²) < 4.78 is 19.1. The first-order valence-corrected chi connectivity index (χ1v) is 8.53. The third-order valence-electron chi connectivity index (χ3n) is 3.61. The van der Waals surface area contributed by atoms with Crippen LogP contribution in [0.5, 0.6) is 6.01 Å². The van der Waals surface area contributed by atoms with Gasteiger partial charge >= 0.3 is 6.01 Å². The van der Waals surface area contributed by atoms with Crippen LogP contribution in [0.3, 0.4) is 0 Å². The lowest BCUT2D eigenvalue weighted by molar-refractivity contribution is -0.0311. The molecule has 9 heteroatoms. The van der Waals surface area contributed by atoms with Crippen molar-refractivity contribution in [3.05, 3.63) is 4.73 Å². The number of nitrogens with zero attached hydrogens (tertiary/aromatic N) is 4. The molecule has 1 unspecified atom stereocenters. The van der Waals surface area contributed by atoms with Crippen LogP contribution >= 0.6 is 15.9 Å². The normalized spacial score (nSPS) is 18.4. The fourth-order valence-corrected chi connectivity index (χ4v) is 3.10. The van der Waals surface area contributed by atoms with E-state index < -0.39 is 0 Å². The van der Waals surface area contributed by atoms with Gasteiger partial charge < -0.3 is 19.9 Å². The van der Waals surface area contributed by atoms with Crippen LogP contribution in [0.25, 0.3) is 11.2 Å². The Balaban J connectivity index is 1.90. The van der Waals surface area contributed by atoms with Gasteiger partial charge in [0.25, 0.3) is 0 Å². The number of aromatic nitrogens is 4.